The Bertz CT molecular complexity index is 1190. The van der Waals surface area contributed by atoms with E-state index in [-0.39, 0.29) is 18.6 Å². The number of nitrogens with one attached hydrogen (secondary N) is 2. The first-order chi connectivity index (χ1) is 16.4. The van der Waals surface area contributed by atoms with Crippen molar-refractivity contribution in [2.24, 2.45) is 0 Å². The number of halogens is 2. The molecule has 2 N–H and O–H groups in total. The standard InChI is InChI=1S/C26H26ClFN4O2/c1-18-8-11-24(23(14-18)30-25(33)29-16-19-6-3-2-4-7-19)32-13-5-12-31(26(32)34)17-20-15-21(28)9-10-22(20)27/h2-4,6-11,14-15H,5,12-13,16-17H2,1H3,(H2,29,30,33). The predicted octanol–water partition coefficient (Wildman–Crippen LogP) is 5.94. The summed E-state index contributed by atoms with van der Waals surface area (Å²) in [6, 6.07) is 18.8. The lowest BCUT2D eigenvalue weighted by molar-refractivity contribution is 0.192. The Morgan fingerprint density at radius 3 is 2.65 bits per heavy atom. The van der Waals surface area contributed by atoms with Crippen LogP contribution in [0.3, 0.4) is 0 Å². The van der Waals surface area contributed by atoms with Gasteiger partial charge in [0.1, 0.15) is 5.82 Å². The lowest BCUT2D eigenvalue weighted by Crippen LogP contribution is -2.49. The molecule has 0 saturated carbocycles. The van der Waals surface area contributed by atoms with Crippen molar-refractivity contribution in [1.82, 2.24) is 10.2 Å². The quantitative estimate of drug-likeness (QED) is 0.458. The molecule has 8 heteroatoms. The summed E-state index contributed by atoms with van der Waals surface area (Å²) in [7, 11) is 0. The number of nitrogens with zero attached hydrogens (tertiary/aromatic N) is 2. The zero-order valence-electron chi connectivity index (χ0n) is 18.9. The van der Waals surface area contributed by atoms with E-state index in [0.717, 1.165) is 17.5 Å². The zero-order valence-corrected chi connectivity index (χ0v) is 19.6. The molecule has 34 heavy (non-hydrogen) atoms. The van der Waals surface area contributed by atoms with Crippen molar-refractivity contribution in [2.45, 2.75) is 26.4 Å². The Balaban J connectivity index is 1.50. The van der Waals surface area contributed by atoms with Crippen LogP contribution < -0.4 is 15.5 Å². The van der Waals surface area contributed by atoms with Crippen molar-refractivity contribution in [3.05, 3.63) is 94.3 Å². The summed E-state index contributed by atoms with van der Waals surface area (Å²) in [6.07, 6.45) is 0.728. The van der Waals surface area contributed by atoms with E-state index in [1.54, 1.807) is 9.80 Å². The van der Waals surface area contributed by atoms with Gasteiger partial charge >= 0.3 is 12.1 Å². The number of benzene rings is 3. The summed E-state index contributed by atoms with van der Waals surface area (Å²) in [5.74, 6) is -0.396. The Kier molecular flexibility index (Phi) is 7.33. The maximum absolute atomic E-state index is 13.7. The van der Waals surface area contributed by atoms with Crippen molar-refractivity contribution < 1.29 is 14.0 Å². The maximum atomic E-state index is 13.7. The molecule has 176 valence electrons. The lowest BCUT2D eigenvalue weighted by atomic mass is 10.1. The van der Waals surface area contributed by atoms with Crippen LogP contribution in [0.1, 0.15) is 23.1 Å². The molecule has 1 saturated heterocycles. The monoisotopic (exact) mass is 480 g/mol. The van der Waals surface area contributed by atoms with E-state index in [1.165, 1.54) is 18.2 Å². The van der Waals surface area contributed by atoms with E-state index in [2.05, 4.69) is 10.6 Å². The number of anilines is 2. The first-order valence-electron chi connectivity index (χ1n) is 11.1. The van der Waals surface area contributed by atoms with E-state index in [1.807, 2.05) is 55.5 Å². The first kappa shape index (κ1) is 23.6. The van der Waals surface area contributed by atoms with Gasteiger partial charge in [0.25, 0.3) is 0 Å². The lowest BCUT2D eigenvalue weighted by Gasteiger charge is -2.36. The van der Waals surface area contributed by atoms with E-state index < -0.39 is 5.82 Å². The van der Waals surface area contributed by atoms with E-state index >= 15 is 0 Å². The average molecular weight is 481 g/mol. The number of urea groups is 2. The SMILES string of the molecule is Cc1ccc(N2CCCN(Cc3cc(F)ccc3Cl)C2=O)c(NC(=O)NCc2ccccc2)c1. The second kappa shape index (κ2) is 10.6. The Hall–Kier alpha value is -3.58. The van der Waals surface area contributed by atoms with Crippen LogP contribution in [0.5, 0.6) is 0 Å². The zero-order chi connectivity index (χ0) is 24.1. The molecule has 0 unspecified atom stereocenters. The molecule has 4 rings (SSSR count). The van der Waals surface area contributed by atoms with Gasteiger partial charge < -0.3 is 15.5 Å². The van der Waals surface area contributed by atoms with Crippen LogP contribution in [0.25, 0.3) is 0 Å². The van der Waals surface area contributed by atoms with Crippen molar-refractivity contribution in [3.8, 4) is 0 Å². The molecule has 0 radical (unpaired) electrons. The van der Waals surface area contributed by atoms with Crippen LogP contribution in [0, 0.1) is 12.7 Å². The minimum atomic E-state index is -0.396. The Morgan fingerprint density at radius 2 is 1.85 bits per heavy atom. The van der Waals surface area contributed by atoms with E-state index in [9.17, 15) is 14.0 Å². The molecule has 1 fully saturated rings. The van der Waals surface area contributed by atoms with Gasteiger partial charge in [0, 0.05) is 31.2 Å². The molecular formula is C26H26ClFN4O2. The average Bonchev–Trinajstić information content (AvgIpc) is 2.82. The molecule has 0 spiro atoms. The third kappa shape index (κ3) is 5.66. The van der Waals surface area contributed by atoms with Gasteiger partial charge in [0.2, 0.25) is 0 Å². The van der Waals surface area contributed by atoms with Gasteiger partial charge in [0.05, 0.1) is 11.4 Å². The molecule has 4 amide bonds. The first-order valence-corrected chi connectivity index (χ1v) is 11.5. The van der Waals surface area contributed by atoms with Gasteiger partial charge in [-0.3, -0.25) is 4.90 Å². The number of carbonyl (C=O) groups is 2. The molecule has 1 aliphatic rings. The predicted molar refractivity (Wildman–Crippen MR) is 133 cm³/mol. The van der Waals surface area contributed by atoms with Crippen LogP contribution in [0.2, 0.25) is 5.02 Å². The summed E-state index contributed by atoms with van der Waals surface area (Å²) >= 11 is 6.22. The third-order valence-electron chi connectivity index (χ3n) is 5.67. The number of carbonyl (C=O) groups excluding carboxylic acids is 2. The van der Waals surface area contributed by atoms with Gasteiger partial charge in [-0.1, -0.05) is 48.0 Å². The van der Waals surface area contributed by atoms with Crippen LogP contribution in [-0.4, -0.2) is 30.1 Å². The molecule has 3 aromatic carbocycles. The molecule has 0 bridgehead atoms. The topological polar surface area (TPSA) is 64.7 Å². The number of rotatable bonds is 6. The smallest absolute Gasteiger partial charge is 0.324 e. The highest BCUT2D eigenvalue weighted by molar-refractivity contribution is 6.31. The van der Waals surface area contributed by atoms with Crippen molar-refractivity contribution >= 4 is 35.0 Å². The highest BCUT2D eigenvalue weighted by atomic mass is 35.5. The molecule has 0 aliphatic carbocycles. The Labute approximate surface area is 203 Å². The van der Waals surface area contributed by atoms with Gasteiger partial charge in [0.15, 0.2) is 0 Å². The normalized spacial score (nSPS) is 13.7. The van der Waals surface area contributed by atoms with Crippen LogP contribution in [0.4, 0.5) is 25.4 Å². The van der Waals surface area contributed by atoms with E-state index in [4.69, 9.17) is 11.6 Å². The second-order valence-electron chi connectivity index (χ2n) is 8.26. The number of hydrogen-bond acceptors (Lipinski definition) is 2. The van der Waals surface area contributed by atoms with Gasteiger partial charge in [-0.2, -0.15) is 0 Å². The Morgan fingerprint density at radius 1 is 1.06 bits per heavy atom. The highest BCUT2D eigenvalue weighted by Gasteiger charge is 2.29. The number of hydrogen-bond donors (Lipinski definition) is 2. The van der Waals surface area contributed by atoms with Gasteiger partial charge in [-0.05, 0) is 60.4 Å². The summed E-state index contributed by atoms with van der Waals surface area (Å²) in [4.78, 5) is 29.2. The number of amides is 4. The van der Waals surface area contributed by atoms with Gasteiger partial charge in [-0.15, -0.1) is 0 Å². The fourth-order valence-electron chi connectivity index (χ4n) is 3.95. The minimum absolute atomic E-state index is 0.206. The van der Waals surface area contributed by atoms with Crippen LogP contribution in [0.15, 0.2) is 66.7 Å². The molecule has 3 aromatic rings. The largest absolute Gasteiger partial charge is 0.334 e. The summed E-state index contributed by atoms with van der Waals surface area (Å²) in [5, 5.41) is 6.15. The summed E-state index contributed by atoms with van der Waals surface area (Å²) in [6.45, 7) is 3.56. The molecular weight excluding hydrogens is 455 g/mol. The van der Waals surface area contributed by atoms with Crippen LogP contribution in [-0.2, 0) is 13.1 Å². The summed E-state index contributed by atoms with van der Waals surface area (Å²) in [5.41, 5.74) is 3.65. The van der Waals surface area contributed by atoms with Crippen molar-refractivity contribution in [1.29, 1.82) is 0 Å². The maximum Gasteiger partial charge on any atom is 0.324 e. The highest BCUT2D eigenvalue weighted by Crippen LogP contribution is 2.31. The van der Waals surface area contributed by atoms with E-state index in [0.29, 0.717) is 41.6 Å². The molecule has 6 nitrogen and oxygen atoms in total. The molecule has 0 atom stereocenters. The molecule has 0 aromatic heterocycles. The van der Waals surface area contributed by atoms with Crippen molar-refractivity contribution in [2.75, 3.05) is 23.3 Å². The van der Waals surface area contributed by atoms with Crippen LogP contribution >= 0.6 is 11.6 Å². The minimum Gasteiger partial charge on any atom is -0.334 e. The molecule has 1 heterocycles. The fourth-order valence-corrected chi connectivity index (χ4v) is 4.13. The molecule has 1 aliphatic heterocycles. The third-order valence-corrected chi connectivity index (χ3v) is 6.04. The fraction of sp³-hybridized carbons (Fsp3) is 0.231. The van der Waals surface area contributed by atoms with Gasteiger partial charge in [-0.25, -0.2) is 14.0 Å². The second-order valence-corrected chi connectivity index (χ2v) is 8.67. The summed E-state index contributed by atoms with van der Waals surface area (Å²) < 4.78 is 13.7. The number of aryl methyl sites for hydroxylation is 1. The van der Waals surface area contributed by atoms with Crippen molar-refractivity contribution in [3.63, 3.8) is 0 Å².